The van der Waals surface area contributed by atoms with Gasteiger partial charge in [-0.15, -0.1) is 0 Å². The van der Waals surface area contributed by atoms with Crippen molar-refractivity contribution in [2.24, 2.45) is 4.99 Å². The first-order chi connectivity index (χ1) is 13.6. The maximum atomic E-state index is 12.9. The van der Waals surface area contributed by atoms with Gasteiger partial charge in [-0.2, -0.15) is 4.99 Å². The number of fused-ring (bicyclic) bond motifs is 2. The van der Waals surface area contributed by atoms with Crippen molar-refractivity contribution < 1.29 is 9.53 Å². The van der Waals surface area contributed by atoms with Crippen LogP contribution in [0.15, 0.2) is 59.6 Å². The molecule has 0 fully saturated rings. The first-order valence-electron chi connectivity index (χ1n) is 8.94. The van der Waals surface area contributed by atoms with Gasteiger partial charge in [0.25, 0.3) is 5.91 Å². The van der Waals surface area contributed by atoms with E-state index in [4.69, 9.17) is 16.3 Å². The summed E-state index contributed by atoms with van der Waals surface area (Å²) in [6.45, 7) is 3.10. The fourth-order valence-corrected chi connectivity index (χ4v) is 4.53. The highest BCUT2D eigenvalue weighted by molar-refractivity contribution is 7.16. The van der Waals surface area contributed by atoms with Crippen LogP contribution in [-0.2, 0) is 11.3 Å². The third kappa shape index (κ3) is 3.49. The summed E-state index contributed by atoms with van der Waals surface area (Å²) in [6, 6.07) is 17.5. The van der Waals surface area contributed by atoms with Crippen LogP contribution in [0.2, 0.25) is 5.02 Å². The molecule has 0 unspecified atom stereocenters. The zero-order chi connectivity index (χ0) is 19.7. The predicted molar refractivity (Wildman–Crippen MR) is 115 cm³/mol. The van der Waals surface area contributed by atoms with Crippen molar-refractivity contribution in [2.75, 3.05) is 13.7 Å². The van der Waals surface area contributed by atoms with Gasteiger partial charge in [0.2, 0.25) is 0 Å². The number of hydrogen-bond donors (Lipinski definition) is 0. The molecule has 0 aliphatic heterocycles. The van der Waals surface area contributed by atoms with Crippen molar-refractivity contribution in [3.8, 4) is 0 Å². The molecule has 0 atom stereocenters. The Labute approximate surface area is 171 Å². The Balaban J connectivity index is 1.85. The van der Waals surface area contributed by atoms with Crippen molar-refractivity contribution in [1.29, 1.82) is 0 Å². The van der Waals surface area contributed by atoms with E-state index < -0.39 is 0 Å². The van der Waals surface area contributed by atoms with Crippen LogP contribution in [0.1, 0.15) is 15.9 Å². The molecule has 1 aromatic heterocycles. The summed E-state index contributed by atoms with van der Waals surface area (Å²) in [5.74, 6) is -0.257. The molecule has 4 rings (SSSR count). The van der Waals surface area contributed by atoms with Crippen molar-refractivity contribution >= 4 is 49.8 Å². The third-order valence-electron chi connectivity index (χ3n) is 4.74. The highest BCUT2D eigenvalue weighted by Crippen LogP contribution is 2.27. The van der Waals surface area contributed by atoms with Crippen LogP contribution >= 0.6 is 22.9 Å². The van der Waals surface area contributed by atoms with E-state index in [9.17, 15) is 4.79 Å². The molecule has 4 nitrogen and oxygen atoms in total. The molecule has 3 aromatic carbocycles. The number of thiazole rings is 1. The van der Waals surface area contributed by atoms with E-state index in [-0.39, 0.29) is 5.91 Å². The number of aryl methyl sites for hydroxylation is 1. The highest BCUT2D eigenvalue weighted by Gasteiger charge is 2.13. The second-order valence-corrected chi connectivity index (χ2v) is 7.94. The van der Waals surface area contributed by atoms with Gasteiger partial charge in [-0.1, -0.05) is 53.3 Å². The number of nitrogens with zero attached hydrogens (tertiary/aromatic N) is 2. The SMILES string of the molecule is COCCn1c(=NC(=O)c2ccc3ccccc3c2)sc2ccc(Cl)c(C)c21. The molecule has 0 aliphatic carbocycles. The largest absolute Gasteiger partial charge is 0.383 e. The number of carbonyl (C=O) groups is 1. The fraction of sp³-hybridized carbons (Fsp3) is 0.182. The number of amides is 1. The van der Waals surface area contributed by atoms with Gasteiger partial charge in [0.1, 0.15) is 0 Å². The Morgan fingerprint density at radius 1 is 1.14 bits per heavy atom. The predicted octanol–water partition coefficient (Wildman–Crippen LogP) is 5.21. The number of rotatable bonds is 4. The zero-order valence-electron chi connectivity index (χ0n) is 15.6. The topological polar surface area (TPSA) is 43.6 Å². The summed E-state index contributed by atoms with van der Waals surface area (Å²) in [5.41, 5.74) is 2.55. The van der Waals surface area contributed by atoms with Gasteiger partial charge in [0.05, 0.1) is 16.8 Å². The molecule has 0 radical (unpaired) electrons. The number of halogens is 1. The summed E-state index contributed by atoms with van der Waals surface area (Å²) in [5, 5.41) is 2.82. The van der Waals surface area contributed by atoms with Crippen LogP contribution in [0.3, 0.4) is 0 Å². The van der Waals surface area contributed by atoms with E-state index in [1.807, 2.05) is 66.1 Å². The lowest BCUT2D eigenvalue weighted by Gasteiger charge is -2.07. The monoisotopic (exact) mass is 410 g/mol. The molecule has 142 valence electrons. The summed E-state index contributed by atoms with van der Waals surface area (Å²) in [4.78, 5) is 18.0. The first-order valence-corrected chi connectivity index (χ1v) is 10.1. The van der Waals surface area contributed by atoms with E-state index in [1.54, 1.807) is 7.11 Å². The van der Waals surface area contributed by atoms with E-state index in [0.29, 0.717) is 28.5 Å². The third-order valence-corrected chi connectivity index (χ3v) is 6.20. The first kappa shape index (κ1) is 18.9. The minimum atomic E-state index is -0.257. The number of hydrogen-bond acceptors (Lipinski definition) is 3. The van der Waals surface area contributed by atoms with Crippen LogP contribution in [0.5, 0.6) is 0 Å². The van der Waals surface area contributed by atoms with Gasteiger partial charge in [0, 0.05) is 24.2 Å². The van der Waals surface area contributed by atoms with E-state index in [0.717, 1.165) is 26.6 Å². The molecule has 28 heavy (non-hydrogen) atoms. The van der Waals surface area contributed by atoms with Gasteiger partial charge < -0.3 is 9.30 Å². The van der Waals surface area contributed by atoms with Gasteiger partial charge in [0.15, 0.2) is 4.80 Å². The zero-order valence-corrected chi connectivity index (χ0v) is 17.2. The minimum absolute atomic E-state index is 0.257. The summed E-state index contributed by atoms with van der Waals surface area (Å²) in [7, 11) is 1.66. The molecule has 0 N–H and O–H groups in total. The van der Waals surface area contributed by atoms with Crippen molar-refractivity contribution in [1.82, 2.24) is 4.57 Å². The lowest BCUT2D eigenvalue weighted by atomic mass is 10.1. The van der Waals surface area contributed by atoms with E-state index >= 15 is 0 Å². The van der Waals surface area contributed by atoms with Crippen LogP contribution in [0, 0.1) is 6.92 Å². The average Bonchev–Trinajstić information content (AvgIpc) is 3.06. The number of aromatic nitrogens is 1. The molecule has 0 saturated heterocycles. The number of carbonyl (C=O) groups excluding carboxylic acids is 1. The van der Waals surface area contributed by atoms with Gasteiger partial charge in [-0.05, 0) is 47.5 Å². The highest BCUT2D eigenvalue weighted by atomic mass is 35.5. The Kier molecular flexibility index (Phi) is 5.31. The molecule has 0 saturated carbocycles. The molecular weight excluding hydrogens is 392 g/mol. The minimum Gasteiger partial charge on any atom is -0.383 e. The lowest BCUT2D eigenvalue weighted by molar-refractivity contribution is 0.0997. The normalized spacial score (nSPS) is 12.2. The molecule has 1 heterocycles. The van der Waals surface area contributed by atoms with Crippen LogP contribution in [-0.4, -0.2) is 24.2 Å². The fourth-order valence-electron chi connectivity index (χ4n) is 3.26. The standard InChI is InChI=1S/C22H19ClN2O2S/c1-14-18(23)9-10-19-20(14)25(11-12-27-2)22(28-19)24-21(26)17-8-7-15-5-3-4-6-16(15)13-17/h3-10,13H,11-12H2,1-2H3. The van der Waals surface area contributed by atoms with Crippen LogP contribution < -0.4 is 4.80 Å². The Morgan fingerprint density at radius 2 is 1.93 bits per heavy atom. The smallest absolute Gasteiger partial charge is 0.279 e. The number of benzene rings is 3. The van der Waals surface area contributed by atoms with Crippen molar-refractivity contribution in [3.05, 3.63) is 75.5 Å². The maximum absolute atomic E-state index is 12.9. The molecular formula is C22H19ClN2O2S. The van der Waals surface area contributed by atoms with Gasteiger partial charge in [-0.25, -0.2) is 0 Å². The molecule has 6 heteroatoms. The molecule has 4 aromatic rings. The van der Waals surface area contributed by atoms with Crippen molar-refractivity contribution in [2.45, 2.75) is 13.5 Å². The van der Waals surface area contributed by atoms with E-state index in [2.05, 4.69) is 4.99 Å². The number of ether oxygens (including phenoxy) is 1. The molecule has 0 spiro atoms. The average molecular weight is 411 g/mol. The summed E-state index contributed by atoms with van der Waals surface area (Å²) in [6.07, 6.45) is 0. The van der Waals surface area contributed by atoms with Crippen LogP contribution in [0.25, 0.3) is 21.0 Å². The van der Waals surface area contributed by atoms with E-state index in [1.165, 1.54) is 11.3 Å². The number of methoxy groups -OCH3 is 1. The summed E-state index contributed by atoms with van der Waals surface area (Å²) >= 11 is 7.81. The molecule has 1 amide bonds. The molecule has 0 bridgehead atoms. The quantitative estimate of drug-likeness (QED) is 0.463. The Hall–Kier alpha value is -2.47. The van der Waals surface area contributed by atoms with Crippen LogP contribution in [0.4, 0.5) is 0 Å². The van der Waals surface area contributed by atoms with Gasteiger partial charge in [-0.3, -0.25) is 4.79 Å². The second-order valence-electron chi connectivity index (χ2n) is 6.53. The Bertz CT molecular complexity index is 1260. The lowest BCUT2D eigenvalue weighted by Crippen LogP contribution is -2.19. The summed E-state index contributed by atoms with van der Waals surface area (Å²) < 4.78 is 8.31. The molecule has 0 aliphatic rings. The second kappa shape index (κ2) is 7.87. The Morgan fingerprint density at radius 3 is 2.71 bits per heavy atom. The maximum Gasteiger partial charge on any atom is 0.279 e. The van der Waals surface area contributed by atoms with Gasteiger partial charge >= 0.3 is 0 Å². The van der Waals surface area contributed by atoms with Crippen molar-refractivity contribution in [3.63, 3.8) is 0 Å².